The van der Waals surface area contributed by atoms with Crippen LogP contribution in [0.1, 0.15) is 37.7 Å². The Morgan fingerprint density at radius 2 is 2.03 bits per heavy atom. The standard InChI is InChI=1S/C22H22F2N4O3/c1-5-14-6-8-15(9-7-14)16-11-25-19(26-16)17-10-22(23,24)12-28(17)20(29)18(13(2)3)27-21(30)31-4/h6-9,11,13,17-18H,10,12H2,2-4H3,(H-,25,26,27,30)/p+1/t17-,18-/m0/s1. The third kappa shape index (κ3) is 4.94. The van der Waals surface area contributed by atoms with Crippen molar-refractivity contribution in [3.63, 3.8) is 0 Å². The van der Waals surface area contributed by atoms with Gasteiger partial charge in [0.15, 0.2) is 0 Å². The zero-order valence-electron chi connectivity index (χ0n) is 17.4. The number of amides is 2. The molecule has 0 unspecified atom stereocenters. The molecule has 2 heterocycles. The number of methoxy groups -OCH3 is 1. The summed E-state index contributed by atoms with van der Waals surface area (Å²) in [5.74, 6) is -1.52. The molecule has 0 radical (unpaired) electrons. The maximum atomic E-state index is 14.3. The number of halogens is 2. The van der Waals surface area contributed by atoms with Gasteiger partial charge in [-0.05, 0) is 5.92 Å². The molecule has 9 heteroatoms. The minimum absolute atomic E-state index is 0.240. The average Bonchev–Trinajstić information content (AvgIpc) is 3.35. The first-order chi connectivity index (χ1) is 14.6. The number of aromatic amines is 1. The Balaban J connectivity index is 1.88. The van der Waals surface area contributed by atoms with Crippen LogP contribution >= 0.6 is 0 Å². The van der Waals surface area contributed by atoms with Crippen LogP contribution in [-0.4, -0.2) is 52.5 Å². The van der Waals surface area contributed by atoms with Gasteiger partial charge >= 0.3 is 137 Å². The van der Waals surface area contributed by atoms with Crippen molar-refractivity contribution < 1.29 is 23.1 Å². The third-order valence-corrected chi connectivity index (χ3v) is 5.20. The number of H-pyrrole nitrogens is 1. The molecule has 0 spiro atoms. The maximum absolute atomic E-state index is 14.3. The number of carbonyl (C=O) groups excluding carboxylic acids is 2. The van der Waals surface area contributed by atoms with Crippen LogP contribution in [-0.2, 0) is 9.53 Å². The van der Waals surface area contributed by atoms with Crippen molar-refractivity contribution in [1.29, 1.82) is 0 Å². The van der Waals surface area contributed by atoms with Crippen LogP contribution in [0.5, 0.6) is 0 Å². The summed E-state index contributed by atoms with van der Waals surface area (Å²) in [4.78, 5) is 33.1. The van der Waals surface area contributed by atoms with Gasteiger partial charge in [-0.2, -0.15) is 0 Å². The van der Waals surface area contributed by atoms with E-state index in [4.69, 9.17) is 6.42 Å². The van der Waals surface area contributed by atoms with E-state index in [9.17, 15) is 18.4 Å². The Kier molecular flexibility index (Phi) is 6.45. The molecule has 1 aromatic heterocycles. The molecular weight excluding hydrogens is 406 g/mol. The van der Waals surface area contributed by atoms with Gasteiger partial charge in [-0.1, -0.05) is 13.8 Å². The van der Waals surface area contributed by atoms with Gasteiger partial charge in [0.25, 0.3) is 0 Å². The van der Waals surface area contributed by atoms with Crippen molar-refractivity contribution in [2.45, 2.75) is 38.3 Å². The van der Waals surface area contributed by atoms with Crippen molar-refractivity contribution in [1.82, 2.24) is 20.2 Å². The Hall–Kier alpha value is -3.19. The van der Waals surface area contributed by atoms with Gasteiger partial charge < -0.3 is 10.1 Å². The monoisotopic (exact) mass is 429 g/mol. The van der Waals surface area contributed by atoms with Crippen LogP contribution < -0.4 is 5.32 Å². The molecule has 0 bridgehead atoms. The Morgan fingerprint density at radius 3 is 2.61 bits per heavy atom. The molecule has 2 N–H and O–H groups in total. The fourth-order valence-electron chi connectivity index (χ4n) is 3.56. The van der Waals surface area contributed by atoms with E-state index in [1.165, 1.54) is 13.3 Å². The third-order valence-electron chi connectivity index (χ3n) is 5.20. The molecule has 1 fully saturated rings. The van der Waals surface area contributed by atoms with E-state index < -0.39 is 43.0 Å². The van der Waals surface area contributed by atoms with Gasteiger partial charge in [0.05, 0.1) is 7.11 Å². The summed E-state index contributed by atoms with van der Waals surface area (Å²) in [6, 6.07) is 4.95. The molecule has 1 aliphatic rings. The van der Waals surface area contributed by atoms with Gasteiger partial charge in [0, 0.05) is 0 Å². The van der Waals surface area contributed by atoms with E-state index >= 15 is 0 Å². The summed E-state index contributed by atoms with van der Waals surface area (Å²) in [6.45, 7) is 2.66. The topological polar surface area (TPSA) is 87.3 Å². The van der Waals surface area contributed by atoms with Crippen LogP contribution in [0.15, 0.2) is 30.5 Å². The van der Waals surface area contributed by atoms with Crippen molar-refractivity contribution >= 4 is 12.0 Å². The van der Waals surface area contributed by atoms with Gasteiger partial charge in [-0.3, -0.25) is 0 Å². The number of imidazole rings is 1. The van der Waals surface area contributed by atoms with Crippen LogP contribution in [0.3, 0.4) is 0 Å². The number of aromatic nitrogens is 2. The molecule has 162 valence electrons. The molecule has 0 aliphatic carbocycles. The summed E-state index contributed by atoms with van der Waals surface area (Å²) in [5.41, 5.74) is 1.96. The first kappa shape index (κ1) is 22.5. The van der Waals surface area contributed by atoms with Gasteiger partial charge in [-0.25, -0.2) is 4.79 Å². The summed E-state index contributed by atoms with van der Waals surface area (Å²) >= 11 is 0. The number of alkyl halides is 2. The van der Waals surface area contributed by atoms with E-state index in [2.05, 4.69) is 25.9 Å². The normalized spacial score (nSPS) is 18.6. The zero-order valence-corrected chi connectivity index (χ0v) is 17.4. The molecule has 2 amide bonds. The summed E-state index contributed by atoms with van der Waals surface area (Å²) in [5, 5.41) is 2.43. The number of ether oxygens (including phenoxy) is 1. The summed E-state index contributed by atoms with van der Waals surface area (Å²) < 4.78 is 33.2. The second-order valence-corrected chi connectivity index (χ2v) is 7.78. The van der Waals surface area contributed by atoms with Crippen LogP contribution in [0.2, 0.25) is 0 Å². The van der Waals surface area contributed by atoms with E-state index in [1.54, 1.807) is 38.1 Å². The van der Waals surface area contributed by atoms with Crippen LogP contribution in [0, 0.1) is 18.3 Å². The second kappa shape index (κ2) is 8.89. The Labute approximate surface area is 179 Å². The fourth-order valence-corrected chi connectivity index (χ4v) is 3.56. The Morgan fingerprint density at radius 1 is 1.35 bits per heavy atom. The predicted octanol–water partition coefficient (Wildman–Crippen LogP) is 3.30. The van der Waals surface area contributed by atoms with Crippen molar-refractivity contribution in [2.24, 2.45) is 5.92 Å². The minimum atomic E-state index is -3.08. The quantitative estimate of drug-likeness (QED) is 0.564. The summed E-state index contributed by atoms with van der Waals surface area (Å²) in [7, 11) is 1.17. The van der Waals surface area contributed by atoms with Crippen molar-refractivity contribution in [3.8, 4) is 17.2 Å². The molecule has 2 aromatic rings. The molecule has 0 saturated carbocycles. The van der Waals surface area contributed by atoms with Crippen LogP contribution in [0.4, 0.5) is 13.6 Å². The fraction of sp³-hybridized carbons (Fsp3) is 0.409. The molecule has 31 heavy (non-hydrogen) atoms. The number of nitrogens with zero attached hydrogens (tertiary/aromatic N) is 2. The number of nitrogens with one attached hydrogen (secondary N) is 2. The number of rotatable bonds is 5. The van der Waals surface area contributed by atoms with Crippen molar-refractivity contribution in [2.75, 3.05) is 13.7 Å². The van der Waals surface area contributed by atoms with Crippen molar-refractivity contribution in [3.05, 3.63) is 48.3 Å². The van der Waals surface area contributed by atoms with Gasteiger partial charge in [0.1, 0.15) is 0 Å². The number of hydrogen-bond acceptors (Lipinski definition) is 4. The number of hydrogen-bond donors (Lipinski definition) is 2. The SMILES string of the molecule is [C+]#Cc1ccc(-c2cnc([C@@H]3CC(F)(F)CN3C(=O)[C@@H](NC(=O)OC)C(C)C)[nH]2)cc1. The second-order valence-electron chi connectivity index (χ2n) is 7.78. The van der Waals surface area contributed by atoms with Gasteiger partial charge in [-0.15, -0.1) is 0 Å². The summed E-state index contributed by atoms with van der Waals surface area (Å²) in [6.07, 6.45) is 7.28. The number of alkyl carbamates (subject to hydrolysis) is 1. The first-order valence-electron chi connectivity index (χ1n) is 9.76. The van der Waals surface area contributed by atoms with E-state index in [1.807, 2.05) is 0 Å². The number of benzene rings is 1. The molecule has 1 aromatic carbocycles. The molecule has 1 aliphatic heterocycles. The van der Waals surface area contributed by atoms with E-state index in [-0.39, 0.29) is 11.7 Å². The molecule has 3 rings (SSSR count). The van der Waals surface area contributed by atoms with E-state index in [0.29, 0.717) is 11.3 Å². The molecular formula is C22H23F2N4O3+. The van der Waals surface area contributed by atoms with Gasteiger partial charge in [0.2, 0.25) is 0 Å². The Bertz CT molecular complexity index is 995. The van der Waals surface area contributed by atoms with Crippen LogP contribution in [0.25, 0.3) is 11.3 Å². The van der Waals surface area contributed by atoms with E-state index in [0.717, 1.165) is 10.5 Å². The molecule has 2 atom stereocenters. The number of carbonyl (C=O) groups is 2. The molecule has 1 saturated heterocycles. The first-order valence-corrected chi connectivity index (χ1v) is 9.76. The predicted molar refractivity (Wildman–Crippen MR) is 108 cm³/mol. The average molecular weight is 429 g/mol. The zero-order chi connectivity index (χ0) is 22.8. The molecule has 7 nitrogen and oxygen atoms in total. The number of likely N-dealkylation sites (tertiary alicyclic amines) is 1.